The van der Waals surface area contributed by atoms with Crippen LogP contribution < -0.4 is 32.7 Å². The molecule has 0 bridgehead atoms. The van der Waals surface area contributed by atoms with Crippen molar-refractivity contribution >= 4 is 29.5 Å². The average Bonchev–Trinajstić information content (AvgIpc) is 2.62. The Balaban J connectivity index is 4.78. The summed E-state index contributed by atoms with van der Waals surface area (Å²) in [6.07, 6.45) is 1.68. The summed E-state index contributed by atoms with van der Waals surface area (Å²) >= 11 is 0. The first kappa shape index (κ1) is 27.3. The molecule has 8 N–H and O–H groups in total. The fourth-order valence-corrected chi connectivity index (χ4v) is 2.60. The predicted octanol–water partition coefficient (Wildman–Crippen LogP) is -1.74. The lowest BCUT2D eigenvalue weighted by atomic mass is 9.99. The van der Waals surface area contributed by atoms with Gasteiger partial charge in [-0.2, -0.15) is 0 Å². The van der Waals surface area contributed by atoms with Gasteiger partial charge in [-0.05, 0) is 45.6 Å². The van der Waals surface area contributed by atoms with Crippen molar-refractivity contribution in [3.63, 3.8) is 0 Å². The summed E-state index contributed by atoms with van der Waals surface area (Å²) in [5, 5.41) is 10.0. The highest BCUT2D eigenvalue weighted by Crippen LogP contribution is 2.07. The maximum atomic E-state index is 12.5. The molecule has 11 heteroatoms. The van der Waals surface area contributed by atoms with E-state index in [0.29, 0.717) is 25.8 Å². The second-order valence-corrected chi connectivity index (χ2v) is 8.03. The highest BCUT2D eigenvalue weighted by atomic mass is 16.2. The standard InChI is InChI=1S/C19H36N6O5/c1-11(2)15(23-12(3)26)17(29)25-19(4,5)18(30)22-10-14(27)24-13(16(21)28)8-6-7-9-20/h11,13,15H,6-10,20H2,1-5H3,(H2,21,28)(H,22,30)(H,23,26)(H,24,27)(H,25,29)/t13-,15-/m0/s1. The Morgan fingerprint density at radius 1 is 1.00 bits per heavy atom. The quantitative estimate of drug-likeness (QED) is 0.189. The van der Waals surface area contributed by atoms with Crippen molar-refractivity contribution in [3.8, 4) is 0 Å². The number of hydrogen-bond donors (Lipinski definition) is 6. The summed E-state index contributed by atoms with van der Waals surface area (Å²) in [7, 11) is 0. The van der Waals surface area contributed by atoms with Crippen LogP contribution in [0.2, 0.25) is 0 Å². The van der Waals surface area contributed by atoms with Gasteiger partial charge in [-0.1, -0.05) is 13.8 Å². The lowest BCUT2D eigenvalue weighted by molar-refractivity contribution is -0.136. The Bertz CT molecular complexity index is 635. The van der Waals surface area contributed by atoms with Gasteiger partial charge >= 0.3 is 0 Å². The van der Waals surface area contributed by atoms with Crippen molar-refractivity contribution in [2.75, 3.05) is 13.1 Å². The normalized spacial score (nSPS) is 13.2. The van der Waals surface area contributed by atoms with E-state index in [9.17, 15) is 24.0 Å². The zero-order chi connectivity index (χ0) is 23.5. The molecule has 0 saturated carbocycles. The van der Waals surface area contributed by atoms with Crippen LogP contribution in [0.4, 0.5) is 0 Å². The van der Waals surface area contributed by atoms with E-state index in [1.54, 1.807) is 13.8 Å². The monoisotopic (exact) mass is 428 g/mol. The van der Waals surface area contributed by atoms with Crippen LogP contribution in [0.3, 0.4) is 0 Å². The fourth-order valence-electron chi connectivity index (χ4n) is 2.60. The molecule has 2 atom stereocenters. The average molecular weight is 429 g/mol. The molecule has 11 nitrogen and oxygen atoms in total. The van der Waals surface area contributed by atoms with E-state index in [1.807, 2.05) is 0 Å². The molecule has 0 rings (SSSR count). The van der Waals surface area contributed by atoms with E-state index in [-0.39, 0.29) is 11.8 Å². The summed E-state index contributed by atoms with van der Waals surface area (Å²) in [4.78, 5) is 59.8. The van der Waals surface area contributed by atoms with Gasteiger partial charge in [-0.15, -0.1) is 0 Å². The minimum atomic E-state index is -1.34. The fraction of sp³-hybridized carbons (Fsp3) is 0.737. The van der Waals surface area contributed by atoms with Crippen LogP contribution in [0.5, 0.6) is 0 Å². The highest BCUT2D eigenvalue weighted by molar-refractivity contribution is 5.95. The predicted molar refractivity (Wildman–Crippen MR) is 112 cm³/mol. The van der Waals surface area contributed by atoms with Gasteiger partial charge in [0, 0.05) is 6.92 Å². The van der Waals surface area contributed by atoms with Crippen molar-refractivity contribution in [2.45, 2.75) is 71.5 Å². The van der Waals surface area contributed by atoms with Gasteiger partial charge in [0.05, 0.1) is 6.54 Å². The zero-order valence-electron chi connectivity index (χ0n) is 18.5. The van der Waals surface area contributed by atoms with Gasteiger partial charge in [0.1, 0.15) is 17.6 Å². The number of nitrogens with one attached hydrogen (secondary N) is 4. The Kier molecular flexibility index (Phi) is 11.6. The molecule has 30 heavy (non-hydrogen) atoms. The zero-order valence-corrected chi connectivity index (χ0v) is 18.5. The smallest absolute Gasteiger partial charge is 0.245 e. The second kappa shape index (κ2) is 12.8. The van der Waals surface area contributed by atoms with Crippen molar-refractivity contribution in [3.05, 3.63) is 0 Å². The maximum Gasteiger partial charge on any atom is 0.245 e. The molecule has 0 spiro atoms. The summed E-state index contributed by atoms with van der Waals surface area (Å²) in [5.41, 5.74) is 9.35. The first-order valence-electron chi connectivity index (χ1n) is 9.98. The molecule has 0 aliphatic carbocycles. The van der Waals surface area contributed by atoms with Gasteiger partial charge < -0.3 is 32.7 Å². The van der Waals surface area contributed by atoms with Crippen LogP contribution in [0.1, 0.15) is 53.9 Å². The summed E-state index contributed by atoms with van der Waals surface area (Å²) in [6, 6.07) is -1.65. The lowest BCUT2D eigenvalue weighted by Crippen LogP contribution is -2.60. The number of rotatable bonds is 13. The van der Waals surface area contributed by atoms with Crippen LogP contribution in [-0.4, -0.2) is 60.2 Å². The Morgan fingerprint density at radius 2 is 1.60 bits per heavy atom. The van der Waals surface area contributed by atoms with Crippen molar-refractivity contribution in [1.29, 1.82) is 0 Å². The van der Waals surface area contributed by atoms with Gasteiger partial charge in [-0.25, -0.2) is 0 Å². The van der Waals surface area contributed by atoms with E-state index in [1.165, 1.54) is 20.8 Å². The topological polar surface area (TPSA) is 186 Å². The number of carbonyl (C=O) groups excluding carboxylic acids is 5. The van der Waals surface area contributed by atoms with Gasteiger partial charge in [0.25, 0.3) is 0 Å². The van der Waals surface area contributed by atoms with Gasteiger partial charge in [-0.3, -0.25) is 24.0 Å². The molecule has 0 aromatic rings. The molecule has 0 aromatic heterocycles. The Morgan fingerprint density at radius 3 is 2.07 bits per heavy atom. The molecule has 5 amide bonds. The van der Waals surface area contributed by atoms with E-state index in [2.05, 4.69) is 21.3 Å². The van der Waals surface area contributed by atoms with Crippen LogP contribution >= 0.6 is 0 Å². The number of primary amides is 1. The van der Waals surface area contributed by atoms with Crippen LogP contribution in [0, 0.1) is 5.92 Å². The number of amides is 5. The second-order valence-electron chi connectivity index (χ2n) is 8.03. The highest BCUT2D eigenvalue weighted by Gasteiger charge is 2.33. The van der Waals surface area contributed by atoms with Gasteiger partial charge in [0.15, 0.2) is 0 Å². The van der Waals surface area contributed by atoms with E-state index in [0.717, 1.165) is 0 Å². The molecule has 0 unspecified atom stereocenters. The molecular formula is C19H36N6O5. The molecule has 0 aliphatic heterocycles. The number of nitrogens with two attached hydrogens (primary N) is 2. The van der Waals surface area contributed by atoms with Gasteiger partial charge in [0.2, 0.25) is 29.5 Å². The number of unbranched alkanes of at least 4 members (excludes halogenated alkanes) is 1. The molecule has 0 saturated heterocycles. The molecule has 0 radical (unpaired) electrons. The molecule has 0 aromatic carbocycles. The van der Waals surface area contributed by atoms with Crippen molar-refractivity contribution in [2.24, 2.45) is 17.4 Å². The third kappa shape index (κ3) is 10.2. The molecule has 0 heterocycles. The van der Waals surface area contributed by atoms with Crippen LogP contribution in [0.25, 0.3) is 0 Å². The first-order chi connectivity index (χ1) is 13.8. The first-order valence-corrected chi connectivity index (χ1v) is 9.98. The lowest BCUT2D eigenvalue weighted by Gasteiger charge is -2.29. The minimum absolute atomic E-state index is 0.191. The summed E-state index contributed by atoms with van der Waals surface area (Å²) in [5.74, 6) is -2.92. The molecular weight excluding hydrogens is 392 g/mol. The van der Waals surface area contributed by atoms with Crippen molar-refractivity contribution < 1.29 is 24.0 Å². The Hall–Kier alpha value is -2.69. The van der Waals surface area contributed by atoms with E-state index >= 15 is 0 Å². The molecule has 0 aliphatic rings. The van der Waals surface area contributed by atoms with Crippen molar-refractivity contribution in [1.82, 2.24) is 21.3 Å². The number of hydrogen-bond acceptors (Lipinski definition) is 6. The maximum absolute atomic E-state index is 12.5. The summed E-state index contributed by atoms with van der Waals surface area (Å²) < 4.78 is 0. The largest absolute Gasteiger partial charge is 0.368 e. The van der Waals surface area contributed by atoms with Crippen LogP contribution in [0.15, 0.2) is 0 Å². The molecule has 172 valence electrons. The SMILES string of the molecule is CC(=O)N[C@H](C(=O)NC(C)(C)C(=O)NCC(=O)N[C@@H](CCCCN)C(N)=O)C(C)C. The minimum Gasteiger partial charge on any atom is -0.368 e. The van der Waals surface area contributed by atoms with E-state index in [4.69, 9.17) is 11.5 Å². The third-order valence-corrected chi connectivity index (χ3v) is 4.35. The summed E-state index contributed by atoms with van der Waals surface area (Å²) in [6.45, 7) is 7.85. The van der Waals surface area contributed by atoms with E-state index < -0.39 is 47.8 Å². The Labute approximate surface area is 177 Å². The third-order valence-electron chi connectivity index (χ3n) is 4.35. The molecule has 0 fully saturated rings. The van der Waals surface area contributed by atoms with Crippen LogP contribution in [-0.2, 0) is 24.0 Å². The number of carbonyl (C=O) groups is 5.